The first kappa shape index (κ1) is 11.7. The summed E-state index contributed by atoms with van der Waals surface area (Å²) in [4.78, 5) is 0. The molecule has 0 aromatic heterocycles. The van der Waals surface area contributed by atoms with Gasteiger partial charge in [-0.2, -0.15) is 12.6 Å². The third-order valence-electron chi connectivity index (χ3n) is 1.80. The van der Waals surface area contributed by atoms with E-state index in [2.05, 4.69) is 12.6 Å². The topological polar surface area (TPSA) is 60.7 Å². The van der Waals surface area contributed by atoms with Gasteiger partial charge in [0.2, 0.25) is 0 Å². The van der Waals surface area contributed by atoms with Gasteiger partial charge in [0.1, 0.15) is 11.9 Å². The lowest BCUT2D eigenvalue weighted by Gasteiger charge is -2.16. The average molecular weight is 235 g/mol. The molecule has 0 bridgehead atoms. The van der Waals surface area contributed by atoms with Gasteiger partial charge in [-0.3, -0.25) is 0 Å². The summed E-state index contributed by atoms with van der Waals surface area (Å²) in [6.07, 6.45) is -2.06. The van der Waals surface area contributed by atoms with Crippen molar-refractivity contribution in [3.05, 3.63) is 28.8 Å². The molecule has 2 atom stereocenters. The fourth-order valence-electron chi connectivity index (χ4n) is 1.09. The minimum absolute atomic E-state index is 0.0436. The van der Waals surface area contributed by atoms with Gasteiger partial charge in [-0.1, -0.05) is 11.6 Å². The molecule has 0 aliphatic carbocycles. The number of halogens is 1. The van der Waals surface area contributed by atoms with Crippen LogP contribution in [-0.4, -0.2) is 27.2 Å². The van der Waals surface area contributed by atoms with Crippen molar-refractivity contribution in [3.63, 3.8) is 0 Å². The molecule has 0 radical (unpaired) electrons. The number of thiol groups is 1. The van der Waals surface area contributed by atoms with Gasteiger partial charge in [-0.15, -0.1) is 0 Å². The second kappa shape index (κ2) is 4.89. The van der Waals surface area contributed by atoms with Crippen LogP contribution in [0.5, 0.6) is 5.75 Å². The van der Waals surface area contributed by atoms with Crippen LogP contribution in [-0.2, 0) is 0 Å². The van der Waals surface area contributed by atoms with E-state index < -0.39 is 12.2 Å². The Bertz CT molecular complexity index is 299. The van der Waals surface area contributed by atoms with E-state index in [1.807, 2.05) is 0 Å². The molecule has 2 unspecified atom stereocenters. The monoisotopic (exact) mass is 234 g/mol. The van der Waals surface area contributed by atoms with Crippen LogP contribution in [0.25, 0.3) is 0 Å². The number of hydrogen-bond donors (Lipinski definition) is 4. The third kappa shape index (κ3) is 2.78. The number of hydrogen-bond acceptors (Lipinski definition) is 4. The summed E-state index contributed by atoms with van der Waals surface area (Å²) in [5, 5.41) is 28.4. The number of aliphatic hydroxyl groups excluding tert-OH is 2. The first-order valence-corrected chi connectivity index (χ1v) is 5.02. The number of aliphatic hydroxyl groups is 2. The first-order chi connectivity index (χ1) is 6.54. The molecule has 3 N–H and O–H groups in total. The smallest absolute Gasteiger partial charge is 0.117 e. The number of benzene rings is 1. The molecule has 0 aliphatic heterocycles. The zero-order valence-corrected chi connectivity index (χ0v) is 8.91. The lowest BCUT2D eigenvalue weighted by Crippen LogP contribution is -2.19. The molecule has 1 rings (SSSR count). The van der Waals surface area contributed by atoms with Gasteiger partial charge in [0, 0.05) is 10.8 Å². The molecular formula is C9H11ClO3S. The Balaban J connectivity index is 2.94. The SMILES string of the molecule is Oc1cc(Cl)cc(C(O)C(O)CS)c1. The normalized spacial score (nSPS) is 15.1. The van der Waals surface area contributed by atoms with E-state index in [-0.39, 0.29) is 11.5 Å². The summed E-state index contributed by atoms with van der Waals surface area (Å²) >= 11 is 9.52. The molecule has 0 amide bonds. The predicted molar refractivity (Wildman–Crippen MR) is 57.9 cm³/mol. The lowest BCUT2D eigenvalue weighted by atomic mass is 10.1. The van der Waals surface area contributed by atoms with Crippen LogP contribution >= 0.6 is 24.2 Å². The molecule has 14 heavy (non-hydrogen) atoms. The van der Waals surface area contributed by atoms with Crippen LogP contribution < -0.4 is 0 Å². The van der Waals surface area contributed by atoms with Crippen LogP contribution in [0, 0.1) is 0 Å². The summed E-state index contributed by atoms with van der Waals surface area (Å²) in [6, 6.07) is 4.19. The fourth-order valence-corrected chi connectivity index (χ4v) is 1.53. The highest BCUT2D eigenvalue weighted by Crippen LogP contribution is 2.26. The highest BCUT2D eigenvalue weighted by Gasteiger charge is 2.17. The van der Waals surface area contributed by atoms with Gasteiger partial charge in [0.25, 0.3) is 0 Å². The number of rotatable bonds is 3. The number of phenolic OH excluding ortho intramolecular Hbond substituents is 1. The number of phenols is 1. The Morgan fingerprint density at radius 1 is 1.29 bits per heavy atom. The molecule has 0 spiro atoms. The molecule has 0 fully saturated rings. The minimum atomic E-state index is -1.09. The van der Waals surface area contributed by atoms with Crippen molar-refractivity contribution in [2.45, 2.75) is 12.2 Å². The molecule has 0 aliphatic rings. The molecule has 3 nitrogen and oxygen atoms in total. The average Bonchev–Trinajstić information content (AvgIpc) is 2.14. The molecule has 78 valence electrons. The second-order valence-electron chi connectivity index (χ2n) is 2.94. The molecule has 0 saturated carbocycles. The summed E-state index contributed by atoms with van der Waals surface area (Å²) in [5.41, 5.74) is 0.372. The van der Waals surface area contributed by atoms with Crippen molar-refractivity contribution >= 4 is 24.2 Å². The van der Waals surface area contributed by atoms with E-state index in [1.54, 1.807) is 0 Å². The van der Waals surface area contributed by atoms with Gasteiger partial charge < -0.3 is 15.3 Å². The van der Waals surface area contributed by atoms with Crippen molar-refractivity contribution < 1.29 is 15.3 Å². The fraction of sp³-hybridized carbons (Fsp3) is 0.333. The van der Waals surface area contributed by atoms with Crippen molar-refractivity contribution in [2.24, 2.45) is 0 Å². The Morgan fingerprint density at radius 2 is 1.93 bits per heavy atom. The predicted octanol–water partition coefficient (Wildman–Crippen LogP) is 1.37. The van der Waals surface area contributed by atoms with Crippen molar-refractivity contribution in [1.82, 2.24) is 0 Å². The highest BCUT2D eigenvalue weighted by atomic mass is 35.5. The maximum absolute atomic E-state index is 9.57. The molecule has 0 heterocycles. The Morgan fingerprint density at radius 3 is 2.43 bits per heavy atom. The Hall–Kier alpha value is -0.420. The van der Waals surface area contributed by atoms with Crippen LogP contribution in [0.4, 0.5) is 0 Å². The summed E-state index contributed by atoms with van der Waals surface area (Å²) in [7, 11) is 0. The van der Waals surface area contributed by atoms with Gasteiger partial charge in [0.05, 0.1) is 6.10 Å². The van der Waals surface area contributed by atoms with Gasteiger partial charge in [-0.05, 0) is 23.8 Å². The standard InChI is InChI=1S/C9H11ClO3S/c10-6-1-5(2-7(11)3-6)9(13)8(12)4-14/h1-3,8-9,11-14H,4H2. The Labute approximate surface area is 92.4 Å². The quantitative estimate of drug-likeness (QED) is 0.598. The molecule has 5 heteroatoms. The van der Waals surface area contributed by atoms with Gasteiger partial charge >= 0.3 is 0 Å². The van der Waals surface area contributed by atoms with Gasteiger partial charge in [-0.25, -0.2) is 0 Å². The van der Waals surface area contributed by atoms with Gasteiger partial charge in [0.15, 0.2) is 0 Å². The van der Waals surface area contributed by atoms with Crippen LogP contribution in [0.2, 0.25) is 5.02 Å². The molecule has 1 aromatic rings. The lowest BCUT2D eigenvalue weighted by molar-refractivity contribution is 0.0336. The van der Waals surface area contributed by atoms with E-state index >= 15 is 0 Å². The molecular weight excluding hydrogens is 224 g/mol. The third-order valence-corrected chi connectivity index (χ3v) is 2.39. The van der Waals surface area contributed by atoms with Crippen LogP contribution in [0.1, 0.15) is 11.7 Å². The zero-order valence-electron chi connectivity index (χ0n) is 7.26. The summed E-state index contributed by atoms with van der Waals surface area (Å²) in [5.74, 6) is 0.0898. The number of aromatic hydroxyl groups is 1. The van der Waals surface area contributed by atoms with E-state index in [0.717, 1.165) is 0 Å². The van der Waals surface area contributed by atoms with Crippen LogP contribution in [0.15, 0.2) is 18.2 Å². The largest absolute Gasteiger partial charge is 0.508 e. The second-order valence-corrected chi connectivity index (χ2v) is 3.74. The maximum Gasteiger partial charge on any atom is 0.117 e. The van der Waals surface area contributed by atoms with E-state index in [1.165, 1.54) is 18.2 Å². The van der Waals surface area contributed by atoms with Crippen molar-refractivity contribution in [1.29, 1.82) is 0 Å². The summed E-state index contributed by atoms with van der Waals surface area (Å²) in [6.45, 7) is 0. The van der Waals surface area contributed by atoms with E-state index in [0.29, 0.717) is 10.6 Å². The van der Waals surface area contributed by atoms with E-state index in [9.17, 15) is 15.3 Å². The maximum atomic E-state index is 9.57. The van der Waals surface area contributed by atoms with E-state index in [4.69, 9.17) is 11.6 Å². The molecule has 0 saturated heterocycles. The zero-order chi connectivity index (χ0) is 10.7. The summed E-state index contributed by atoms with van der Waals surface area (Å²) < 4.78 is 0. The Kier molecular flexibility index (Phi) is 4.07. The highest BCUT2D eigenvalue weighted by molar-refractivity contribution is 7.80. The first-order valence-electron chi connectivity index (χ1n) is 4.01. The minimum Gasteiger partial charge on any atom is -0.508 e. The molecule has 1 aromatic carbocycles. The van der Waals surface area contributed by atoms with Crippen molar-refractivity contribution in [3.8, 4) is 5.75 Å². The van der Waals surface area contributed by atoms with Crippen LogP contribution in [0.3, 0.4) is 0 Å². The van der Waals surface area contributed by atoms with Crippen molar-refractivity contribution in [2.75, 3.05) is 5.75 Å².